The summed E-state index contributed by atoms with van der Waals surface area (Å²) in [6, 6.07) is 0. The third-order valence-corrected chi connectivity index (χ3v) is 3.85. The molecule has 13 heavy (non-hydrogen) atoms. The first-order chi connectivity index (χ1) is 6.31. The quantitative estimate of drug-likeness (QED) is 0.479. The lowest BCUT2D eigenvalue weighted by molar-refractivity contribution is 0.153. The molecule has 0 aliphatic heterocycles. The molecular weight excluding hydrogens is 156 g/mol. The molecule has 0 radical (unpaired) electrons. The van der Waals surface area contributed by atoms with Crippen molar-refractivity contribution in [2.24, 2.45) is 11.3 Å². The van der Waals surface area contributed by atoms with Gasteiger partial charge in [0.15, 0.2) is 0 Å². The van der Waals surface area contributed by atoms with Crippen LogP contribution >= 0.6 is 0 Å². The second-order valence-corrected chi connectivity index (χ2v) is 4.91. The summed E-state index contributed by atoms with van der Waals surface area (Å²) in [6.07, 6.45) is 12.3. The van der Waals surface area contributed by atoms with E-state index in [0.717, 1.165) is 11.3 Å². The first-order valence-corrected chi connectivity index (χ1v) is 5.81. The molecule has 1 unspecified atom stereocenters. The van der Waals surface area contributed by atoms with Crippen molar-refractivity contribution >= 4 is 0 Å². The summed E-state index contributed by atoms with van der Waals surface area (Å²) in [7, 11) is 0. The first-order valence-electron chi connectivity index (χ1n) is 5.81. The van der Waals surface area contributed by atoms with Crippen molar-refractivity contribution in [3.8, 4) is 0 Å². The van der Waals surface area contributed by atoms with Gasteiger partial charge < -0.3 is 0 Å². The highest BCUT2D eigenvalue weighted by atomic mass is 14.4. The van der Waals surface area contributed by atoms with Crippen molar-refractivity contribution < 1.29 is 0 Å². The topological polar surface area (TPSA) is 0 Å². The van der Waals surface area contributed by atoms with Crippen LogP contribution in [0.15, 0.2) is 13.2 Å². The van der Waals surface area contributed by atoms with E-state index in [2.05, 4.69) is 20.1 Å². The molecule has 0 aromatic rings. The van der Waals surface area contributed by atoms with Crippen molar-refractivity contribution in [1.29, 1.82) is 0 Å². The Balaban J connectivity index is 0.000000396. The maximum atomic E-state index is 3.00. The summed E-state index contributed by atoms with van der Waals surface area (Å²) in [5.74, 6) is 1.03. The molecule has 0 heterocycles. The molecule has 2 saturated carbocycles. The maximum absolute atomic E-state index is 3.00. The summed E-state index contributed by atoms with van der Waals surface area (Å²) in [5.41, 5.74) is 0.845. The van der Waals surface area contributed by atoms with Gasteiger partial charge in [-0.05, 0) is 37.0 Å². The Morgan fingerprint density at radius 1 is 1.00 bits per heavy atom. The summed E-state index contributed by atoms with van der Waals surface area (Å²) in [5, 5.41) is 0. The Hall–Kier alpha value is -0.260. The van der Waals surface area contributed by atoms with Gasteiger partial charge in [-0.25, -0.2) is 0 Å². The molecule has 0 nitrogen and oxygen atoms in total. The van der Waals surface area contributed by atoms with Crippen LogP contribution in [0.25, 0.3) is 0 Å². The first kappa shape index (κ1) is 10.8. The van der Waals surface area contributed by atoms with Crippen molar-refractivity contribution in [2.75, 3.05) is 0 Å². The van der Waals surface area contributed by atoms with E-state index in [4.69, 9.17) is 0 Å². The van der Waals surface area contributed by atoms with Crippen LogP contribution in [0.1, 0.15) is 58.3 Å². The van der Waals surface area contributed by atoms with E-state index < -0.39 is 0 Å². The lowest BCUT2D eigenvalue weighted by Gasteiger charge is -2.36. The van der Waals surface area contributed by atoms with Gasteiger partial charge in [-0.15, -0.1) is 13.2 Å². The predicted octanol–water partition coefficient (Wildman–Crippen LogP) is 4.56. The van der Waals surface area contributed by atoms with Crippen LogP contribution in [0.5, 0.6) is 0 Å². The van der Waals surface area contributed by atoms with E-state index in [1.54, 1.807) is 25.7 Å². The third kappa shape index (κ3) is 2.59. The summed E-state index contributed by atoms with van der Waals surface area (Å²) >= 11 is 0. The smallest absolute Gasteiger partial charge is 0.0295 e. The molecule has 2 fully saturated rings. The maximum Gasteiger partial charge on any atom is -0.0295 e. The fourth-order valence-corrected chi connectivity index (χ4v) is 3.35. The molecular formula is C13H24. The zero-order chi connectivity index (χ0) is 9.73. The van der Waals surface area contributed by atoms with Gasteiger partial charge in [0.25, 0.3) is 0 Å². The molecule has 0 saturated heterocycles. The van der Waals surface area contributed by atoms with Crippen molar-refractivity contribution in [3.05, 3.63) is 13.2 Å². The fraction of sp³-hybridized carbons (Fsp3) is 0.846. The Morgan fingerprint density at radius 3 is 2.08 bits per heavy atom. The molecule has 1 spiro atoms. The van der Waals surface area contributed by atoms with E-state index >= 15 is 0 Å². The Bertz CT molecular complexity index is 142. The van der Waals surface area contributed by atoms with Crippen molar-refractivity contribution in [1.82, 2.24) is 0 Å². The monoisotopic (exact) mass is 180 g/mol. The van der Waals surface area contributed by atoms with Gasteiger partial charge in [0, 0.05) is 0 Å². The van der Waals surface area contributed by atoms with Crippen LogP contribution in [-0.2, 0) is 0 Å². The van der Waals surface area contributed by atoms with Gasteiger partial charge in [0.1, 0.15) is 0 Å². The van der Waals surface area contributed by atoms with E-state index in [1.165, 1.54) is 25.7 Å². The van der Waals surface area contributed by atoms with Crippen LogP contribution in [0.4, 0.5) is 0 Å². The number of hydrogen-bond acceptors (Lipinski definition) is 0. The highest BCUT2D eigenvalue weighted by molar-refractivity contribution is 4.88. The molecule has 2 aliphatic carbocycles. The van der Waals surface area contributed by atoms with Crippen LogP contribution in [-0.4, -0.2) is 0 Å². The standard InChI is InChI=1S/C11H20.C2H4/c1-10-5-4-8-11(9-10)6-2-3-7-11;1-2/h10H,2-9H2,1H3;1-2H2. The second-order valence-electron chi connectivity index (χ2n) is 4.91. The number of rotatable bonds is 0. The summed E-state index contributed by atoms with van der Waals surface area (Å²) < 4.78 is 0. The molecule has 0 bridgehead atoms. The van der Waals surface area contributed by atoms with Crippen molar-refractivity contribution in [2.45, 2.75) is 58.3 Å². The third-order valence-electron chi connectivity index (χ3n) is 3.85. The van der Waals surface area contributed by atoms with E-state index in [-0.39, 0.29) is 0 Å². The minimum atomic E-state index is 0.845. The summed E-state index contributed by atoms with van der Waals surface area (Å²) in [4.78, 5) is 0. The molecule has 2 rings (SSSR count). The molecule has 2 aliphatic rings. The average molecular weight is 180 g/mol. The fourth-order valence-electron chi connectivity index (χ4n) is 3.35. The Morgan fingerprint density at radius 2 is 1.54 bits per heavy atom. The molecule has 0 heteroatoms. The van der Waals surface area contributed by atoms with Gasteiger partial charge in [0.2, 0.25) is 0 Å². The van der Waals surface area contributed by atoms with Crippen molar-refractivity contribution in [3.63, 3.8) is 0 Å². The number of hydrogen-bond donors (Lipinski definition) is 0. The van der Waals surface area contributed by atoms with Gasteiger partial charge in [-0.1, -0.05) is 32.6 Å². The second kappa shape index (κ2) is 4.83. The molecule has 0 amide bonds. The minimum Gasteiger partial charge on any atom is -0.106 e. The van der Waals surface area contributed by atoms with E-state index in [0.29, 0.717) is 0 Å². The molecule has 0 aromatic heterocycles. The summed E-state index contributed by atoms with van der Waals surface area (Å²) in [6.45, 7) is 8.44. The van der Waals surface area contributed by atoms with Gasteiger partial charge >= 0.3 is 0 Å². The molecule has 76 valence electrons. The lowest BCUT2D eigenvalue weighted by atomic mass is 9.69. The SMILES string of the molecule is C=C.CC1CCCC2(CCCC2)C1. The van der Waals surface area contributed by atoms with Gasteiger partial charge in [-0.3, -0.25) is 0 Å². The van der Waals surface area contributed by atoms with Crippen LogP contribution in [0.2, 0.25) is 0 Å². The lowest BCUT2D eigenvalue weighted by Crippen LogP contribution is -2.24. The normalized spacial score (nSPS) is 31.0. The molecule has 1 atom stereocenters. The zero-order valence-corrected chi connectivity index (χ0v) is 9.15. The van der Waals surface area contributed by atoms with Gasteiger partial charge in [0.05, 0.1) is 0 Å². The van der Waals surface area contributed by atoms with Crippen LogP contribution < -0.4 is 0 Å². The Labute approximate surface area is 83.4 Å². The minimum absolute atomic E-state index is 0.845. The van der Waals surface area contributed by atoms with E-state index in [9.17, 15) is 0 Å². The molecule has 0 aromatic carbocycles. The molecule has 0 N–H and O–H groups in total. The highest BCUT2D eigenvalue weighted by Gasteiger charge is 2.36. The van der Waals surface area contributed by atoms with Crippen LogP contribution in [0.3, 0.4) is 0 Å². The van der Waals surface area contributed by atoms with Crippen LogP contribution in [0, 0.1) is 11.3 Å². The average Bonchev–Trinajstić information content (AvgIpc) is 2.56. The zero-order valence-electron chi connectivity index (χ0n) is 9.15. The predicted molar refractivity (Wildman–Crippen MR) is 59.8 cm³/mol. The Kier molecular flexibility index (Phi) is 4.02. The largest absolute Gasteiger partial charge is 0.106 e. The highest BCUT2D eigenvalue weighted by Crippen LogP contribution is 2.50. The van der Waals surface area contributed by atoms with Gasteiger partial charge in [-0.2, -0.15) is 0 Å². The van der Waals surface area contributed by atoms with E-state index in [1.807, 2.05) is 0 Å².